The van der Waals surface area contributed by atoms with E-state index in [4.69, 9.17) is 56.8 Å². The standard InChI is InChI=1S/C60H72O12S6/c1-61-55-37-13-49(73-7)14-38(55)26-68-28-40-16-51(75-9)18-42(57(40)63-3)30-70-32-44-20-53(77-11)22-46(59(44)65-5)34-72-36-48-24-54(78-12)23-47(60(48)66-6)35-71-33-45-21-52(76-10)19-43(58(45)64-4)31-69-29-41-17-50(74-8)15-39(27-67-25-37)56(41)62-2/h13-24H,25-36H2,1-12H3. The van der Waals surface area contributed by atoms with E-state index in [1.165, 1.54) is 0 Å². The SMILES string of the molecule is COc1c2cc(SC)cc1COCc1cc(SC)cc(c1OC)COCc1cc(SC)cc(c1OC)COCc1cc(SC)cc(c1OC)COCc1cc(SC)cc(c1OC)COCc1cc(SC)cc(c1OC)COC2. The molecule has 0 N–H and O–H groups in total. The van der Waals surface area contributed by atoms with Crippen LogP contribution in [0, 0.1) is 0 Å². The number of hydrogen-bond donors (Lipinski definition) is 0. The van der Waals surface area contributed by atoms with Gasteiger partial charge in [-0.2, -0.15) is 0 Å². The van der Waals surface area contributed by atoms with Gasteiger partial charge in [-0.05, 0) is 110 Å². The third-order valence-electron chi connectivity index (χ3n) is 13.0. The maximum Gasteiger partial charge on any atom is 0.129 e. The molecular weight excluding hydrogens is 1110 g/mol. The van der Waals surface area contributed by atoms with Crippen molar-refractivity contribution in [2.75, 3.05) is 80.2 Å². The highest BCUT2D eigenvalue weighted by Crippen LogP contribution is 2.39. The smallest absolute Gasteiger partial charge is 0.129 e. The largest absolute Gasteiger partial charge is 0.496 e. The van der Waals surface area contributed by atoms with Crippen molar-refractivity contribution in [1.82, 2.24) is 0 Å². The molecule has 0 aromatic heterocycles. The van der Waals surface area contributed by atoms with Crippen LogP contribution in [-0.4, -0.2) is 80.2 Å². The molecule has 0 spiro atoms. The lowest BCUT2D eigenvalue weighted by molar-refractivity contribution is 0.0924. The molecule has 18 heteroatoms. The van der Waals surface area contributed by atoms with Gasteiger partial charge in [-0.25, -0.2) is 0 Å². The summed E-state index contributed by atoms with van der Waals surface area (Å²) in [6.07, 6.45) is 12.4. The zero-order valence-corrected chi connectivity index (χ0v) is 51.7. The number of thioether (sulfide) groups is 6. The first-order valence-corrected chi connectivity index (χ1v) is 32.3. The molecule has 0 radical (unpaired) electrons. The summed E-state index contributed by atoms with van der Waals surface area (Å²) in [6.45, 7) is 3.61. The molecule has 420 valence electrons. The van der Waals surface area contributed by atoms with Gasteiger partial charge in [0.2, 0.25) is 0 Å². The van der Waals surface area contributed by atoms with Crippen molar-refractivity contribution in [3.63, 3.8) is 0 Å². The molecule has 0 amide bonds. The van der Waals surface area contributed by atoms with Crippen LogP contribution in [0.3, 0.4) is 0 Å². The second-order valence-electron chi connectivity index (χ2n) is 17.8. The number of methoxy groups -OCH3 is 6. The van der Waals surface area contributed by atoms with E-state index in [2.05, 4.69) is 110 Å². The molecule has 0 aliphatic carbocycles. The number of hydrogen-bond acceptors (Lipinski definition) is 18. The molecule has 78 heavy (non-hydrogen) atoms. The average Bonchev–Trinajstić information content (AvgIpc) is 3.46. The molecule has 0 saturated heterocycles. The molecular formula is C60H72O12S6. The lowest BCUT2D eigenvalue weighted by Gasteiger charge is -2.20. The van der Waals surface area contributed by atoms with Crippen LogP contribution in [0.4, 0.5) is 0 Å². The molecule has 0 fully saturated rings. The first kappa shape index (κ1) is 61.6. The molecule has 0 atom stereocenters. The van der Waals surface area contributed by atoms with Crippen LogP contribution in [0.2, 0.25) is 0 Å². The number of fused-ring (bicyclic) bond motifs is 12. The van der Waals surface area contributed by atoms with Gasteiger partial charge in [0.25, 0.3) is 0 Å². The minimum atomic E-state index is 0.301. The van der Waals surface area contributed by atoms with Gasteiger partial charge in [0.05, 0.1) is 122 Å². The number of rotatable bonds is 12. The van der Waals surface area contributed by atoms with Crippen LogP contribution in [0.1, 0.15) is 66.8 Å². The first-order chi connectivity index (χ1) is 38.1. The van der Waals surface area contributed by atoms with Gasteiger partial charge >= 0.3 is 0 Å². The van der Waals surface area contributed by atoms with E-state index in [0.29, 0.717) is 79.3 Å². The van der Waals surface area contributed by atoms with Crippen LogP contribution >= 0.6 is 70.6 Å². The van der Waals surface area contributed by atoms with Gasteiger partial charge in [0, 0.05) is 96.1 Å². The minimum Gasteiger partial charge on any atom is -0.496 e. The van der Waals surface area contributed by atoms with Gasteiger partial charge in [-0.15, -0.1) is 70.6 Å². The minimum absolute atomic E-state index is 0.301. The third kappa shape index (κ3) is 15.7. The summed E-state index contributed by atoms with van der Waals surface area (Å²) in [5.74, 6) is 4.33. The van der Waals surface area contributed by atoms with E-state index in [-0.39, 0.29) is 0 Å². The van der Waals surface area contributed by atoms with Crippen molar-refractivity contribution in [2.24, 2.45) is 0 Å². The Kier molecular flexibility index (Phi) is 24.7. The van der Waals surface area contributed by atoms with Crippen molar-refractivity contribution in [3.8, 4) is 34.5 Å². The fourth-order valence-electron chi connectivity index (χ4n) is 9.53. The quantitative estimate of drug-likeness (QED) is 0.108. The molecule has 6 aromatic rings. The van der Waals surface area contributed by atoms with E-state index < -0.39 is 0 Å². The molecule has 7 rings (SSSR count). The zero-order chi connectivity index (χ0) is 55.6. The van der Waals surface area contributed by atoms with Gasteiger partial charge in [0.15, 0.2) is 0 Å². The van der Waals surface area contributed by atoms with E-state index in [0.717, 1.165) is 131 Å². The first-order valence-electron chi connectivity index (χ1n) is 25.0. The van der Waals surface area contributed by atoms with Crippen molar-refractivity contribution >= 4 is 70.6 Å². The highest BCUT2D eigenvalue weighted by molar-refractivity contribution is 7.99. The van der Waals surface area contributed by atoms with Gasteiger partial charge in [-0.3, -0.25) is 0 Å². The maximum absolute atomic E-state index is 6.53. The zero-order valence-electron chi connectivity index (χ0n) is 46.8. The summed E-state index contributed by atoms with van der Waals surface area (Å²) in [5.41, 5.74) is 11.0. The van der Waals surface area contributed by atoms with Crippen molar-refractivity contribution < 1.29 is 56.8 Å². The summed E-state index contributed by atoms with van der Waals surface area (Å²) in [4.78, 5) is 6.44. The topological polar surface area (TPSA) is 111 Å². The van der Waals surface area contributed by atoms with Crippen molar-refractivity contribution in [2.45, 2.75) is 109 Å². The predicted molar refractivity (Wildman–Crippen MR) is 320 cm³/mol. The summed E-state index contributed by atoms with van der Waals surface area (Å²) in [7, 11) is 10.1. The van der Waals surface area contributed by atoms with Crippen LogP contribution in [0.25, 0.3) is 0 Å². The summed E-state index contributed by atoms with van der Waals surface area (Å²) < 4.78 is 75.8. The van der Waals surface area contributed by atoms with Crippen LogP contribution in [0.5, 0.6) is 34.5 Å². The van der Waals surface area contributed by atoms with E-state index in [9.17, 15) is 0 Å². The summed E-state index contributed by atoms with van der Waals surface area (Å²) in [5, 5.41) is 0. The van der Waals surface area contributed by atoms with Crippen LogP contribution in [0.15, 0.2) is 102 Å². The second kappa shape index (κ2) is 31.3. The van der Waals surface area contributed by atoms with Gasteiger partial charge in [0.1, 0.15) is 34.5 Å². The van der Waals surface area contributed by atoms with Crippen molar-refractivity contribution in [3.05, 3.63) is 140 Å². The van der Waals surface area contributed by atoms with E-state index in [1.807, 2.05) is 0 Å². The molecule has 1 heterocycles. The van der Waals surface area contributed by atoms with E-state index >= 15 is 0 Å². The normalized spacial score (nSPS) is 14.3. The molecule has 0 unspecified atom stereocenters. The Labute approximate surface area is 487 Å². The summed E-state index contributed by atoms with van der Waals surface area (Å²) in [6, 6.07) is 25.4. The molecule has 0 saturated carbocycles. The molecule has 12 nitrogen and oxygen atoms in total. The molecule has 1 aliphatic heterocycles. The Morgan fingerprint density at radius 1 is 0.218 bits per heavy atom. The Hall–Kier alpha value is -4.02. The Morgan fingerprint density at radius 3 is 0.397 bits per heavy atom. The maximum atomic E-state index is 6.53. The third-order valence-corrected chi connectivity index (χ3v) is 17.3. The predicted octanol–water partition coefficient (Wildman–Crippen LogP) is 14.7. The molecule has 12 bridgehead atoms. The molecule has 1 aliphatic rings. The fourth-order valence-corrected chi connectivity index (χ4v) is 12.6. The second-order valence-corrected chi connectivity index (χ2v) is 23.1. The lowest BCUT2D eigenvalue weighted by Crippen LogP contribution is -2.07. The van der Waals surface area contributed by atoms with Crippen molar-refractivity contribution in [1.29, 1.82) is 0 Å². The molecule has 6 aromatic carbocycles. The lowest BCUT2D eigenvalue weighted by atomic mass is 10.1. The van der Waals surface area contributed by atoms with Gasteiger partial charge < -0.3 is 56.8 Å². The van der Waals surface area contributed by atoms with E-state index in [1.54, 1.807) is 113 Å². The Morgan fingerprint density at radius 2 is 0.321 bits per heavy atom. The summed E-state index contributed by atoms with van der Waals surface area (Å²) >= 11 is 9.94. The highest BCUT2D eigenvalue weighted by Gasteiger charge is 2.21. The Bertz CT molecular complexity index is 2290. The monoisotopic (exact) mass is 1180 g/mol. The Balaban J connectivity index is 1.23. The number of ether oxygens (including phenoxy) is 12. The van der Waals surface area contributed by atoms with Crippen LogP contribution in [-0.2, 0) is 108 Å². The average molecular weight is 1180 g/mol. The highest BCUT2D eigenvalue weighted by atomic mass is 32.2. The van der Waals surface area contributed by atoms with Crippen LogP contribution < -0.4 is 28.4 Å². The fraction of sp³-hybridized carbons (Fsp3) is 0.400. The van der Waals surface area contributed by atoms with Gasteiger partial charge in [-0.1, -0.05) is 0 Å². The number of benzene rings is 6.